The fourth-order valence-corrected chi connectivity index (χ4v) is 5.06. The average Bonchev–Trinajstić information content (AvgIpc) is 3.11. The number of nitrogen functional groups attached to an aromatic ring is 1. The summed E-state index contributed by atoms with van der Waals surface area (Å²) in [4.78, 5) is 44.8. The van der Waals surface area contributed by atoms with Crippen molar-refractivity contribution in [2.75, 3.05) is 18.8 Å². The van der Waals surface area contributed by atoms with E-state index in [-0.39, 0.29) is 24.1 Å². The molecule has 0 bridgehead atoms. The van der Waals surface area contributed by atoms with Crippen molar-refractivity contribution in [1.29, 1.82) is 0 Å². The topological polar surface area (TPSA) is 109 Å². The predicted molar refractivity (Wildman–Crippen MR) is 118 cm³/mol. The van der Waals surface area contributed by atoms with Crippen molar-refractivity contribution in [2.45, 2.75) is 50.7 Å². The number of nitrogens with one attached hydrogen (secondary N) is 1. The Morgan fingerprint density at radius 3 is 2.59 bits per heavy atom. The second-order valence-electron chi connectivity index (χ2n) is 8.96. The van der Waals surface area contributed by atoms with Crippen LogP contribution < -0.4 is 11.1 Å². The van der Waals surface area contributed by atoms with Crippen LogP contribution in [-0.2, 0) is 22.7 Å². The number of hydrogen-bond acceptors (Lipinski definition) is 6. The van der Waals surface area contributed by atoms with Crippen molar-refractivity contribution in [3.63, 3.8) is 0 Å². The van der Waals surface area contributed by atoms with Gasteiger partial charge in [-0.1, -0.05) is 18.2 Å². The van der Waals surface area contributed by atoms with Crippen LogP contribution in [0.15, 0.2) is 36.5 Å². The number of carbonyl (C=O) groups excluding carboxylic acids is 3. The lowest BCUT2D eigenvalue weighted by atomic mass is 9.88. The van der Waals surface area contributed by atoms with Crippen LogP contribution in [0.5, 0.6) is 0 Å². The molecular formula is C24H27N5O3. The van der Waals surface area contributed by atoms with E-state index in [0.29, 0.717) is 30.3 Å². The quantitative estimate of drug-likeness (QED) is 0.712. The fourth-order valence-electron chi connectivity index (χ4n) is 5.06. The van der Waals surface area contributed by atoms with Gasteiger partial charge >= 0.3 is 0 Å². The first-order chi connectivity index (χ1) is 15.5. The van der Waals surface area contributed by atoms with Crippen molar-refractivity contribution in [2.24, 2.45) is 0 Å². The largest absolute Gasteiger partial charge is 0.384 e. The minimum atomic E-state index is -0.567. The number of anilines is 1. The molecule has 0 spiro atoms. The van der Waals surface area contributed by atoms with E-state index in [1.807, 2.05) is 24.4 Å². The van der Waals surface area contributed by atoms with E-state index in [1.54, 1.807) is 4.90 Å². The number of benzene rings is 1. The zero-order valence-corrected chi connectivity index (χ0v) is 17.9. The maximum absolute atomic E-state index is 12.9. The van der Waals surface area contributed by atoms with E-state index in [0.717, 1.165) is 38.0 Å². The third kappa shape index (κ3) is 3.98. The molecule has 2 saturated heterocycles. The van der Waals surface area contributed by atoms with Gasteiger partial charge < -0.3 is 10.6 Å². The van der Waals surface area contributed by atoms with Gasteiger partial charge in [-0.2, -0.15) is 0 Å². The molecule has 8 heteroatoms. The minimum absolute atomic E-state index is 0.118. The predicted octanol–water partition coefficient (Wildman–Crippen LogP) is 1.80. The lowest BCUT2D eigenvalue weighted by molar-refractivity contribution is -0.136. The van der Waals surface area contributed by atoms with Crippen LogP contribution >= 0.6 is 0 Å². The van der Waals surface area contributed by atoms with Crippen LogP contribution in [0.3, 0.4) is 0 Å². The fraction of sp³-hybridized carbons (Fsp3) is 0.417. The molecule has 8 nitrogen and oxygen atoms in total. The van der Waals surface area contributed by atoms with Crippen molar-refractivity contribution < 1.29 is 14.4 Å². The first kappa shape index (κ1) is 20.6. The SMILES string of the molecule is Nc1ccc(CN2CCC(c3ccc4c(c3)CN(C3CCC(=O)NC3=O)C4=O)CC2)cn1. The van der Waals surface area contributed by atoms with Gasteiger partial charge in [0, 0.05) is 31.3 Å². The molecule has 4 heterocycles. The summed E-state index contributed by atoms with van der Waals surface area (Å²) in [7, 11) is 0. The number of pyridine rings is 1. The Bertz CT molecular complexity index is 1060. The normalized spacial score (nSPS) is 22.2. The molecule has 3 N–H and O–H groups in total. The highest BCUT2D eigenvalue weighted by atomic mass is 16.2. The Morgan fingerprint density at radius 2 is 1.88 bits per heavy atom. The van der Waals surface area contributed by atoms with E-state index >= 15 is 0 Å². The van der Waals surface area contributed by atoms with E-state index in [2.05, 4.69) is 27.3 Å². The van der Waals surface area contributed by atoms with Gasteiger partial charge in [-0.15, -0.1) is 0 Å². The van der Waals surface area contributed by atoms with Crippen LogP contribution in [0.4, 0.5) is 5.82 Å². The smallest absolute Gasteiger partial charge is 0.255 e. The summed E-state index contributed by atoms with van der Waals surface area (Å²) in [6, 6.07) is 9.41. The van der Waals surface area contributed by atoms with Gasteiger partial charge in [0.1, 0.15) is 11.9 Å². The summed E-state index contributed by atoms with van der Waals surface area (Å²) in [5.74, 6) is 0.246. The number of fused-ring (bicyclic) bond motifs is 1. The summed E-state index contributed by atoms with van der Waals surface area (Å²) in [5.41, 5.74) is 9.75. The number of aromatic nitrogens is 1. The highest BCUT2D eigenvalue weighted by Crippen LogP contribution is 2.33. The molecule has 166 valence electrons. The molecule has 2 aromatic rings. The highest BCUT2D eigenvalue weighted by Gasteiger charge is 2.39. The molecule has 0 aliphatic carbocycles. The number of rotatable bonds is 4. The van der Waals surface area contributed by atoms with Crippen molar-refractivity contribution in [3.8, 4) is 0 Å². The molecule has 1 atom stereocenters. The molecule has 1 aromatic heterocycles. The van der Waals surface area contributed by atoms with Gasteiger partial charge in [-0.25, -0.2) is 4.98 Å². The lowest BCUT2D eigenvalue weighted by Crippen LogP contribution is -2.52. The Morgan fingerprint density at radius 1 is 1.06 bits per heavy atom. The third-order valence-electron chi connectivity index (χ3n) is 6.86. The summed E-state index contributed by atoms with van der Waals surface area (Å²) in [6.45, 7) is 3.32. The third-order valence-corrected chi connectivity index (χ3v) is 6.86. The van der Waals surface area contributed by atoms with Gasteiger partial charge in [0.25, 0.3) is 5.91 Å². The molecule has 0 saturated carbocycles. The number of likely N-dealkylation sites (tertiary alicyclic amines) is 1. The molecule has 1 aromatic carbocycles. The highest BCUT2D eigenvalue weighted by molar-refractivity contribution is 6.05. The molecule has 3 aliphatic rings. The van der Waals surface area contributed by atoms with Crippen molar-refractivity contribution in [1.82, 2.24) is 20.1 Å². The second-order valence-corrected chi connectivity index (χ2v) is 8.96. The van der Waals surface area contributed by atoms with Gasteiger partial charge in [-0.3, -0.25) is 24.6 Å². The first-order valence-electron chi connectivity index (χ1n) is 11.2. The lowest BCUT2D eigenvalue weighted by Gasteiger charge is -2.32. The second kappa shape index (κ2) is 8.35. The molecule has 3 amide bonds. The number of piperidine rings is 2. The average molecular weight is 434 g/mol. The Labute approximate surface area is 186 Å². The zero-order valence-electron chi connectivity index (χ0n) is 17.9. The zero-order chi connectivity index (χ0) is 22.2. The van der Waals surface area contributed by atoms with Gasteiger partial charge in [0.05, 0.1) is 0 Å². The van der Waals surface area contributed by atoms with Crippen molar-refractivity contribution in [3.05, 3.63) is 58.8 Å². The van der Waals surface area contributed by atoms with E-state index in [4.69, 9.17) is 5.73 Å². The number of amides is 3. The van der Waals surface area contributed by atoms with E-state index in [9.17, 15) is 14.4 Å². The molecule has 0 radical (unpaired) electrons. The Kier molecular flexibility index (Phi) is 5.38. The molecule has 3 aliphatic heterocycles. The van der Waals surface area contributed by atoms with Crippen LogP contribution in [0, 0.1) is 0 Å². The van der Waals surface area contributed by atoms with Gasteiger partial charge in [0.15, 0.2) is 0 Å². The number of nitrogens with two attached hydrogens (primary N) is 1. The summed E-state index contributed by atoms with van der Waals surface area (Å²) >= 11 is 0. The molecule has 2 fully saturated rings. The summed E-state index contributed by atoms with van der Waals surface area (Å²) in [5, 5.41) is 2.35. The molecular weight excluding hydrogens is 406 g/mol. The molecule has 1 unspecified atom stereocenters. The van der Waals surface area contributed by atoms with Crippen LogP contribution in [0.2, 0.25) is 0 Å². The van der Waals surface area contributed by atoms with E-state index < -0.39 is 6.04 Å². The summed E-state index contributed by atoms with van der Waals surface area (Å²) < 4.78 is 0. The molecule has 5 rings (SSSR count). The number of imide groups is 1. The Hall–Kier alpha value is -3.26. The number of nitrogens with zero attached hydrogens (tertiary/aromatic N) is 3. The van der Waals surface area contributed by atoms with Crippen LogP contribution in [0.25, 0.3) is 0 Å². The summed E-state index contributed by atoms with van der Waals surface area (Å²) in [6.07, 6.45) is 4.62. The molecule has 32 heavy (non-hydrogen) atoms. The van der Waals surface area contributed by atoms with E-state index in [1.165, 1.54) is 11.1 Å². The number of carbonyl (C=O) groups is 3. The van der Waals surface area contributed by atoms with Gasteiger partial charge in [-0.05, 0) is 67.1 Å². The maximum atomic E-state index is 12.9. The van der Waals surface area contributed by atoms with Gasteiger partial charge in [0.2, 0.25) is 11.8 Å². The first-order valence-corrected chi connectivity index (χ1v) is 11.2. The monoisotopic (exact) mass is 433 g/mol. The van der Waals surface area contributed by atoms with Crippen LogP contribution in [-0.4, -0.2) is 51.6 Å². The van der Waals surface area contributed by atoms with Crippen molar-refractivity contribution >= 4 is 23.5 Å². The Balaban J connectivity index is 1.22. The standard InChI is InChI=1S/C24H27N5O3/c25-21-5-1-15(12-26-21)13-28-9-7-16(8-10-28)17-2-3-19-18(11-17)14-29(24(19)32)20-4-6-22(30)27-23(20)31/h1-3,5,11-12,16,20H,4,6-10,13-14H2,(H2,25,26)(H,27,30,31). The number of hydrogen-bond donors (Lipinski definition) is 2. The van der Waals surface area contributed by atoms with Crippen LogP contribution in [0.1, 0.15) is 58.6 Å². The maximum Gasteiger partial charge on any atom is 0.255 e. The minimum Gasteiger partial charge on any atom is -0.384 e.